The van der Waals surface area contributed by atoms with Crippen LogP contribution in [0, 0.1) is 5.41 Å². The number of thiazole rings is 1. The normalized spacial score (nSPS) is 19.8. The third kappa shape index (κ3) is 2.26. The highest BCUT2D eigenvalue weighted by atomic mass is 32.1. The van der Waals surface area contributed by atoms with E-state index in [0.29, 0.717) is 11.1 Å². The Morgan fingerprint density at radius 2 is 2.25 bits per heavy atom. The van der Waals surface area contributed by atoms with Crippen LogP contribution in [0.25, 0.3) is 0 Å². The number of carbonyl (C=O) groups is 1. The highest BCUT2D eigenvalue weighted by molar-refractivity contribution is 7.07. The van der Waals surface area contributed by atoms with Crippen molar-refractivity contribution in [2.45, 2.75) is 33.1 Å². The fraction of sp³-hybridized carbons (Fsp3) is 0.667. The Labute approximate surface area is 100 Å². The van der Waals surface area contributed by atoms with Crippen LogP contribution in [0.4, 0.5) is 0 Å². The van der Waals surface area contributed by atoms with Gasteiger partial charge in [0, 0.05) is 18.5 Å². The predicted octanol–water partition coefficient (Wildman–Crippen LogP) is 2.80. The minimum Gasteiger partial charge on any atom is -0.337 e. The minimum absolute atomic E-state index is 0.0967. The summed E-state index contributed by atoms with van der Waals surface area (Å²) in [5, 5.41) is 1.83. The van der Waals surface area contributed by atoms with Gasteiger partial charge in [0.1, 0.15) is 5.69 Å². The lowest BCUT2D eigenvalue weighted by Gasteiger charge is -2.38. The Bertz CT molecular complexity index is 353. The Hall–Kier alpha value is -0.900. The third-order valence-corrected chi connectivity index (χ3v) is 4.35. The molecule has 1 saturated heterocycles. The van der Waals surface area contributed by atoms with Crippen molar-refractivity contribution in [3.8, 4) is 0 Å². The highest BCUT2D eigenvalue weighted by Gasteiger charge is 2.30. The number of carbonyl (C=O) groups excluding carboxylic acids is 1. The molecule has 1 fully saturated rings. The van der Waals surface area contributed by atoms with Crippen molar-refractivity contribution >= 4 is 17.2 Å². The summed E-state index contributed by atoms with van der Waals surface area (Å²) in [7, 11) is 0. The number of amides is 1. The van der Waals surface area contributed by atoms with Crippen LogP contribution in [-0.4, -0.2) is 28.9 Å². The van der Waals surface area contributed by atoms with Crippen molar-refractivity contribution in [3.63, 3.8) is 0 Å². The van der Waals surface area contributed by atoms with Gasteiger partial charge >= 0.3 is 0 Å². The van der Waals surface area contributed by atoms with Gasteiger partial charge in [0.05, 0.1) is 5.51 Å². The Morgan fingerprint density at radius 3 is 2.75 bits per heavy atom. The third-order valence-electron chi connectivity index (χ3n) is 3.76. The summed E-state index contributed by atoms with van der Waals surface area (Å²) in [6.07, 6.45) is 3.42. The molecule has 16 heavy (non-hydrogen) atoms. The number of rotatable bonds is 2. The van der Waals surface area contributed by atoms with Crippen LogP contribution in [0.1, 0.15) is 43.6 Å². The van der Waals surface area contributed by atoms with Crippen LogP contribution in [-0.2, 0) is 0 Å². The second-order valence-electron chi connectivity index (χ2n) is 4.83. The molecule has 0 atom stereocenters. The van der Waals surface area contributed by atoms with E-state index in [1.165, 1.54) is 17.8 Å². The van der Waals surface area contributed by atoms with Gasteiger partial charge in [-0.2, -0.15) is 0 Å². The summed E-state index contributed by atoms with van der Waals surface area (Å²) in [5.41, 5.74) is 2.75. The molecule has 2 rings (SSSR count). The van der Waals surface area contributed by atoms with E-state index in [4.69, 9.17) is 0 Å². The Kier molecular flexibility index (Phi) is 3.28. The number of hydrogen-bond donors (Lipinski definition) is 0. The molecule has 0 spiro atoms. The zero-order valence-corrected chi connectivity index (χ0v) is 10.7. The SMILES string of the molecule is CCC1(C)CCN(C(=O)c2cscn2)CC1. The molecule has 0 unspecified atom stereocenters. The maximum Gasteiger partial charge on any atom is 0.273 e. The second-order valence-corrected chi connectivity index (χ2v) is 5.55. The number of piperidine rings is 1. The molecule has 1 aliphatic rings. The molecule has 0 radical (unpaired) electrons. The van der Waals surface area contributed by atoms with Gasteiger partial charge in [0.2, 0.25) is 0 Å². The molecular formula is C12H18N2OS. The summed E-state index contributed by atoms with van der Waals surface area (Å²) in [6.45, 7) is 6.30. The number of nitrogens with zero attached hydrogens (tertiary/aromatic N) is 2. The van der Waals surface area contributed by atoms with Crippen LogP contribution >= 0.6 is 11.3 Å². The van der Waals surface area contributed by atoms with Crippen molar-refractivity contribution < 1.29 is 4.79 Å². The molecule has 3 nitrogen and oxygen atoms in total. The van der Waals surface area contributed by atoms with E-state index >= 15 is 0 Å². The quantitative estimate of drug-likeness (QED) is 0.793. The first kappa shape index (κ1) is 11.6. The molecule has 1 aliphatic heterocycles. The van der Waals surface area contributed by atoms with E-state index in [2.05, 4.69) is 18.8 Å². The fourth-order valence-corrected chi connectivity index (χ4v) is 2.61. The molecule has 4 heteroatoms. The first-order chi connectivity index (χ1) is 7.64. The van der Waals surface area contributed by atoms with E-state index in [1.54, 1.807) is 5.51 Å². The molecule has 0 saturated carbocycles. The first-order valence-corrected chi connectivity index (χ1v) is 6.76. The largest absolute Gasteiger partial charge is 0.337 e. The van der Waals surface area contributed by atoms with Gasteiger partial charge in [0.25, 0.3) is 5.91 Å². The molecule has 0 aliphatic carbocycles. The van der Waals surface area contributed by atoms with Crippen LogP contribution in [0.2, 0.25) is 0 Å². The maximum absolute atomic E-state index is 12.0. The molecule has 1 amide bonds. The predicted molar refractivity (Wildman–Crippen MR) is 65.6 cm³/mol. The minimum atomic E-state index is 0.0967. The fourth-order valence-electron chi connectivity index (χ4n) is 2.08. The van der Waals surface area contributed by atoms with Gasteiger partial charge in [-0.25, -0.2) is 4.98 Å². The molecular weight excluding hydrogens is 220 g/mol. The number of likely N-dealkylation sites (tertiary alicyclic amines) is 1. The van der Waals surface area contributed by atoms with Crippen LogP contribution in [0.3, 0.4) is 0 Å². The highest BCUT2D eigenvalue weighted by Crippen LogP contribution is 2.34. The van der Waals surface area contributed by atoms with E-state index < -0.39 is 0 Å². The monoisotopic (exact) mass is 238 g/mol. The lowest BCUT2D eigenvalue weighted by Crippen LogP contribution is -2.42. The lowest BCUT2D eigenvalue weighted by molar-refractivity contribution is 0.0595. The second kappa shape index (κ2) is 4.53. The standard InChI is InChI=1S/C12H18N2OS/c1-3-12(2)4-6-14(7-5-12)11(15)10-8-16-9-13-10/h8-9H,3-7H2,1-2H3. The van der Waals surface area contributed by atoms with E-state index in [-0.39, 0.29) is 5.91 Å². The molecule has 1 aromatic heterocycles. The lowest BCUT2D eigenvalue weighted by atomic mass is 9.78. The topological polar surface area (TPSA) is 33.2 Å². The molecule has 1 aromatic rings. The summed E-state index contributed by atoms with van der Waals surface area (Å²) >= 11 is 1.48. The Morgan fingerprint density at radius 1 is 1.56 bits per heavy atom. The summed E-state index contributed by atoms with van der Waals surface area (Å²) < 4.78 is 0. The average molecular weight is 238 g/mol. The molecule has 2 heterocycles. The van der Waals surface area contributed by atoms with Gasteiger partial charge in [-0.3, -0.25) is 4.79 Å². The first-order valence-electron chi connectivity index (χ1n) is 5.82. The van der Waals surface area contributed by atoms with E-state index in [0.717, 1.165) is 25.9 Å². The summed E-state index contributed by atoms with van der Waals surface area (Å²) in [5.74, 6) is 0.0967. The average Bonchev–Trinajstić information content (AvgIpc) is 2.83. The zero-order chi connectivity index (χ0) is 11.6. The van der Waals surface area contributed by atoms with Crippen molar-refractivity contribution in [3.05, 3.63) is 16.6 Å². The van der Waals surface area contributed by atoms with E-state index in [9.17, 15) is 4.79 Å². The van der Waals surface area contributed by atoms with Crippen LogP contribution in [0.5, 0.6) is 0 Å². The molecule has 0 aromatic carbocycles. The van der Waals surface area contributed by atoms with Gasteiger partial charge < -0.3 is 4.90 Å². The van der Waals surface area contributed by atoms with Crippen molar-refractivity contribution in [2.24, 2.45) is 5.41 Å². The van der Waals surface area contributed by atoms with Gasteiger partial charge in [-0.15, -0.1) is 11.3 Å². The molecule has 0 N–H and O–H groups in total. The zero-order valence-electron chi connectivity index (χ0n) is 9.90. The summed E-state index contributed by atoms with van der Waals surface area (Å²) in [6, 6.07) is 0. The van der Waals surface area contributed by atoms with Crippen molar-refractivity contribution in [1.82, 2.24) is 9.88 Å². The van der Waals surface area contributed by atoms with E-state index in [1.807, 2.05) is 10.3 Å². The Balaban J connectivity index is 1.97. The summed E-state index contributed by atoms with van der Waals surface area (Å²) in [4.78, 5) is 18.0. The number of aromatic nitrogens is 1. The number of hydrogen-bond acceptors (Lipinski definition) is 3. The van der Waals surface area contributed by atoms with Gasteiger partial charge in [-0.1, -0.05) is 20.3 Å². The van der Waals surface area contributed by atoms with Crippen LogP contribution in [0.15, 0.2) is 10.9 Å². The molecule has 88 valence electrons. The van der Waals surface area contributed by atoms with Gasteiger partial charge in [-0.05, 0) is 18.3 Å². The van der Waals surface area contributed by atoms with Crippen LogP contribution < -0.4 is 0 Å². The van der Waals surface area contributed by atoms with Crippen molar-refractivity contribution in [2.75, 3.05) is 13.1 Å². The van der Waals surface area contributed by atoms with Gasteiger partial charge in [0.15, 0.2) is 0 Å². The maximum atomic E-state index is 12.0. The molecule has 0 bridgehead atoms. The smallest absolute Gasteiger partial charge is 0.273 e. The van der Waals surface area contributed by atoms with Crippen molar-refractivity contribution in [1.29, 1.82) is 0 Å².